The second-order valence-electron chi connectivity index (χ2n) is 8.29. The van der Waals surface area contributed by atoms with Gasteiger partial charge in [-0.2, -0.15) is 0 Å². The second-order valence-corrected chi connectivity index (χ2v) is 8.29. The number of fused-ring (bicyclic) bond motifs is 2. The van der Waals surface area contributed by atoms with Crippen LogP contribution in [0.5, 0.6) is 0 Å². The van der Waals surface area contributed by atoms with E-state index in [4.69, 9.17) is 10.2 Å². The quantitative estimate of drug-likeness (QED) is 0.228. The molecule has 0 fully saturated rings. The van der Waals surface area contributed by atoms with Gasteiger partial charge in [0.05, 0.1) is 11.6 Å². The van der Waals surface area contributed by atoms with Gasteiger partial charge in [0.2, 0.25) is 5.36 Å². The van der Waals surface area contributed by atoms with Crippen LogP contribution in [0, 0.1) is 0 Å². The minimum atomic E-state index is -1.01. The van der Waals surface area contributed by atoms with Crippen LogP contribution in [0.3, 0.4) is 0 Å². The molecule has 2 aromatic rings. The number of carboxylic acids is 1. The van der Waals surface area contributed by atoms with Gasteiger partial charge in [-0.05, 0) is 63.6 Å². The molecule has 1 aliphatic carbocycles. The van der Waals surface area contributed by atoms with Crippen LogP contribution >= 0.6 is 0 Å². The normalized spacial score (nSPS) is 11.2. The van der Waals surface area contributed by atoms with Gasteiger partial charge in [0.1, 0.15) is 24.4 Å². The summed E-state index contributed by atoms with van der Waals surface area (Å²) in [7, 11) is 0. The fraction of sp³-hybridized carbons (Fsp3) is 0.286. The number of carboxylic acid groups (broad SMARTS) is 1. The number of hydrogen-bond donors (Lipinski definition) is 2. The van der Waals surface area contributed by atoms with Crippen molar-refractivity contribution in [2.45, 2.75) is 27.7 Å². The summed E-state index contributed by atoms with van der Waals surface area (Å²) in [5.41, 5.74) is 10.7. The van der Waals surface area contributed by atoms with E-state index in [1.54, 1.807) is 12.1 Å². The van der Waals surface area contributed by atoms with E-state index in [1.807, 2.05) is 24.3 Å². The molecule has 0 radical (unpaired) electrons. The fourth-order valence-corrected chi connectivity index (χ4v) is 4.69. The van der Waals surface area contributed by atoms with Gasteiger partial charge in [0, 0.05) is 53.1 Å². The largest absolute Gasteiger partial charge is 0.478 e. The van der Waals surface area contributed by atoms with Crippen LogP contribution in [0.2, 0.25) is 0 Å². The molecule has 34 heavy (non-hydrogen) atoms. The predicted octanol–water partition coefficient (Wildman–Crippen LogP) is 5.14. The molecular weight excluding hydrogens is 426 g/mol. The molecule has 0 amide bonds. The number of nitrogens with zero attached hydrogens (tertiary/aromatic N) is 2. The Labute approximate surface area is 199 Å². The maximum atomic E-state index is 12.2. The highest BCUT2D eigenvalue weighted by Crippen LogP contribution is 2.42. The third-order valence-corrected chi connectivity index (χ3v) is 6.49. The van der Waals surface area contributed by atoms with Crippen molar-refractivity contribution < 1.29 is 14.3 Å². The van der Waals surface area contributed by atoms with Crippen molar-refractivity contribution in [1.29, 1.82) is 0 Å². The van der Waals surface area contributed by atoms with E-state index in [2.05, 4.69) is 49.3 Å². The first-order valence-electron chi connectivity index (χ1n) is 11.9. The minimum absolute atomic E-state index is 0.175. The summed E-state index contributed by atoms with van der Waals surface area (Å²) in [6.07, 6.45) is 0. The maximum absolute atomic E-state index is 12.2. The number of hydrogen-bond acceptors (Lipinski definition) is 4. The molecule has 3 N–H and O–H groups in total. The minimum Gasteiger partial charge on any atom is -0.478 e. The third-order valence-electron chi connectivity index (χ3n) is 6.49. The standard InChI is InChI=1S/C28H31N3O3/c1-5-30(6-2)19-10-13-22-25(16-19)34-26-17-20(31(7-3)8-4)11-14-23(26)27(22)21-12-9-18(29)15-24(21)28(32)33/h9-17,29H,5-8H2,1-4H3,(H,32,33)/p+1. The van der Waals surface area contributed by atoms with Crippen LogP contribution in [0.4, 0.5) is 11.4 Å². The Hall–Kier alpha value is -3.80. The topological polar surface area (TPSA) is 82.7 Å². The zero-order chi connectivity index (χ0) is 24.4. The highest BCUT2D eigenvalue weighted by Gasteiger charge is 2.23. The molecule has 0 atom stereocenters. The summed E-state index contributed by atoms with van der Waals surface area (Å²) in [6, 6.07) is 17.4. The Bertz CT molecular complexity index is 1390. The van der Waals surface area contributed by atoms with Crippen LogP contribution in [0.25, 0.3) is 33.4 Å². The highest BCUT2D eigenvalue weighted by molar-refractivity contribution is 6.08. The van der Waals surface area contributed by atoms with Gasteiger partial charge in [0.15, 0.2) is 0 Å². The Balaban J connectivity index is 2.14. The lowest BCUT2D eigenvalue weighted by molar-refractivity contribution is 0.0698. The van der Waals surface area contributed by atoms with Crippen molar-refractivity contribution in [2.24, 2.45) is 0 Å². The molecule has 2 aliphatic rings. The van der Waals surface area contributed by atoms with Gasteiger partial charge in [-0.15, -0.1) is 0 Å². The molecule has 1 heterocycles. The van der Waals surface area contributed by atoms with Gasteiger partial charge in [-0.3, -0.25) is 0 Å². The van der Waals surface area contributed by atoms with E-state index >= 15 is 0 Å². The zero-order valence-electron chi connectivity index (χ0n) is 20.3. The first-order chi connectivity index (χ1) is 16.4. The van der Waals surface area contributed by atoms with Crippen LogP contribution in [-0.4, -0.2) is 37.3 Å². The number of nitrogen functional groups attached to an aromatic ring is 1. The summed E-state index contributed by atoms with van der Waals surface area (Å²) in [6.45, 7) is 12.0. The van der Waals surface area contributed by atoms with Crippen LogP contribution in [-0.2, 0) is 0 Å². The summed E-state index contributed by atoms with van der Waals surface area (Å²) < 4.78 is 8.73. The first kappa shape index (κ1) is 23.4. The number of carbonyl (C=O) groups is 1. The molecule has 6 nitrogen and oxygen atoms in total. The Morgan fingerprint density at radius 1 is 0.941 bits per heavy atom. The molecule has 0 unspecified atom stereocenters. The van der Waals surface area contributed by atoms with Crippen molar-refractivity contribution in [3.05, 3.63) is 65.5 Å². The molecule has 0 spiro atoms. The van der Waals surface area contributed by atoms with E-state index in [0.717, 1.165) is 65.1 Å². The van der Waals surface area contributed by atoms with Crippen molar-refractivity contribution in [1.82, 2.24) is 4.58 Å². The Morgan fingerprint density at radius 3 is 2.29 bits per heavy atom. The highest BCUT2D eigenvalue weighted by atomic mass is 16.4. The van der Waals surface area contributed by atoms with Gasteiger partial charge in [-0.25, -0.2) is 9.37 Å². The molecule has 0 saturated carbocycles. The average molecular weight is 459 g/mol. The van der Waals surface area contributed by atoms with Gasteiger partial charge < -0.3 is 20.2 Å². The number of aromatic carboxylic acids is 1. The van der Waals surface area contributed by atoms with Gasteiger partial charge >= 0.3 is 5.97 Å². The molecule has 6 heteroatoms. The molecule has 0 saturated heterocycles. The van der Waals surface area contributed by atoms with Gasteiger partial charge in [0.25, 0.3) is 0 Å². The average Bonchev–Trinajstić information content (AvgIpc) is 2.84. The molecular formula is C28H32N3O3+. The zero-order valence-corrected chi connectivity index (χ0v) is 20.3. The van der Waals surface area contributed by atoms with Crippen molar-refractivity contribution in [2.75, 3.05) is 36.8 Å². The van der Waals surface area contributed by atoms with E-state index in [-0.39, 0.29) is 5.56 Å². The van der Waals surface area contributed by atoms with Gasteiger partial charge in [-0.1, -0.05) is 6.07 Å². The monoisotopic (exact) mass is 458 g/mol. The summed E-state index contributed by atoms with van der Waals surface area (Å²) >= 11 is 0. The smallest absolute Gasteiger partial charge is 0.336 e. The molecule has 2 aromatic carbocycles. The number of nitrogens with two attached hydrogens (primary N) is 1. The lowest BCUT2D eigenvalue weighted by atomic mass is 9.90. The van der Waals surface area contributed by atoms with E-state index in [1.165, 1.54) is 6.07 Å². The summed E-state index contributed by atoms with van der Waals surface area (Å²) in [5.74, 6) is -0.291. The predicted molar refractivity (Wildman–Crippen MR) is 140 cm³/mol. The third kappa shape index (κ3) is 4.12. The summed E-state index contributed by atoms with van der Waals surface area (Å²) in [4.78, 5) is 14.4. The number of anilines is 2. The van der Waals surface area contributed by atoms with Crippen molar-refractivity contribution >= 4 is 28.3 Å². The SMILES string of the molecule is CCN(CC)c1ccc2c(-c3ccc(N)cc3C(=O)O)c3ccc(=[N+](CC)CC)cc-3oc2c1. The van der Waals surface area contributed by atoms with Crippen LogP contribution in [0.1, 0.15) is 38.1 Å². The number of rotatable bonds is 7. The first-order valence-corrected chi connectivity index (χ1v) is 11.9. The fourth-order valence-electron chi connectivity index (χ4n) is 4.69. The van der Waals surface area contributed by atoms with E-state index < -0.39 is 5.97 Å². The lowest BCUT2D eigenvalue weighted by Gasteiger charge is -2.22. The Morgan fingerprint density at radius 2 is 1.65 bits per heavy atom. The molecule has 0 aromatic heterocycles. The second kappa shape index (κ2) is 9.59. The van der Waals surface area contributed by atoms with Crippen molar-refractivity contribution in [3.8, 4) is 22.5 Å². The molecule has 0 bridgehead atoms. The number of benzene rings is 3. The molecule has 1 aliphatic heterocycles. The Kier molecular flexibility index (Phi) is 6.59. The molecule has 4 rings (SSSR count). The van der Waals surface area contributed by atoms with Crippen LogP contribution in [0.15, 0.2) is 59.0 Å². The van der Waals surface area contributed by atoms with E-state index in [0.29, 0.717) is 11.3 Å². The summed E-state index contributed by atoms with van der Waals surface area (Å²) in [5, 5.41) is 11.9. The van der Waals surface area contributed by atoms with Crippen molar-refractivity contribution in [3.63, 3.8) is 0 Å². The maximum Gasteiger partial charge on any atom is 0.336 e. The van der Waals surface area contributed by atoms with Crippen LogP contribution < -0.4 is 20.6 Å². The lowest BCUT2D eigenvalue weighted by Crippen LogP contribution is -2.29. The van der Waals surface area contributed by atoms with E-state index in [9.17, 15) is 9.90 Å². The molecule has 176 valence electrons.